The second-order valence-electron chi connectivity index (χ2n) is 7.34. The Morgan fingerprint density at radius 2 is 1.66 bits per heavy atom. The minimum Gasteiger partial charge on any atom is -0.483 e. The van der Waals surface area contributed by atoms with E-state index in [2.05, 4.69) is 21.5 Å². The standard InChI is InChI=1S/C23H29FN4O4/c1-4-6-19(26-23(31)25-13-17-9-11-18(24)12-10-17)22(30)28-27-20(29)14-32-21-15(2)7-5-8-16(21)3/h5,7-12,19H,4,6,13-14H2,1-3H3,(H,27,29)(H,28,30)(H2,25,26,31). The van der Waals surface area contributed by atoms with Crippen LogP contribution in [0.15, 0.2) is 42.5 Å². The zero-order chi connectivity index (χ0) is 23.5. The van der Waals surface area contributed by atoms with Crippen LogP contribution >= 0.6 is 0 Å². The van der Waals surface area contributed by atoms with E-state index < -0.39 is 23.9 Å². The van der Waals surface area contributed by atoms with Gasteiger partial charge in [0.15, 0.2) is 6.61 Å². The van der Waals surface area contributed by atoms with Gasteiger partial charge >= 0.3 is 6.03 Å². The zero-order valence-electron chi connectivity index (χ0n) is 18.5. The van der Waals surface area contributed by atoms with Crippen LogP contribution in [0.4, 0.5) is 9.18 Å². The van der Waals surface area contributed by atoms with Crippen molar-refractivity contribution in [3.63, 3.8) is 0 Å². The number of aryl methyl sites for hydroxylation is 2. The predicted octanol–water partition coefficient (Wildman–Crippen LogP) is 2.64. The summed E-state index contributed by atoms with van der Waals surface area (Å²) in [5, 5.41) is 5.19. The van der Waals surface area contributed by atoms with Gasteiger partial charge in [0, 0.05) is 6.54 Å². The highest BCUT2D eigenvalue weighted by atomic mass is 19.1. The van der Waals surface area contributed by atoms with Crippen molar-refractivity contribution in [2.45, 2.75) is 46.2 Å². The molecule has 4 N–H and O–H groups in total. The Morgan fingerprint density at radius 3 is 2.28 bits per heavy atom. The van der Waals surface area contributed by atoms with Crippen LogP contribution in [0.5, 0.6) is 5.75 Å². The van der Waals surface area contributed by atoms with Crippen molar-refractivity contribution in [1.29, 1.82) is 0 Å². The van der Waals surface area contributed by atoms with Gasteiger partial charge in [-0.1, -0.05) is 43.7 Å². The van der Waals surface area contributed by atoms with Crippen LogP contribution in [0.25, 0.3) is 0 Å². The van der Waals surface area contributed by atoms with Gasteiger partial charge in [-0.25, -0.2) is 9.18 Å². The number of carbonyl (C=O) groups excluding carboxylic acids is 3. The number of ether oxygens (including phenoxy) is 1. The van der Waals surface area contributed by atoms with E-state index in [1.165, 1.54) is 12.1 Å². The van der Waals surface area contributed by atoms with Crippen molar-refractivity contribution in [1.82, 2.24) is 21.5 Å². The Kier molecular flexibility index (Phi) is 9.46. The van der Waals surface area contributed by atoms with Crippen LogP contribution in [0, 0.1) is 19.7 Å². The third kappa shape index (κ3) is 7.90. The van der Waals surface area contributed by atoms with Gasteiger partial charge in [0.25, 0.3) is 11.8 Å². The van der Waals surface area contributed by atoms with Gasteiger partial charge < -0.3 is 15.4 Å². The molecule has 0 aliphatic heterocycles. The molecule has 172 valence electrons. The van der Waals surface area contributed by atoms with E-state index in [4.69, 9.17) is 4.74 Å². The summed E-state index contributed by atoms with van der Waals surface area (Å²) in [5.74, 6) is -0.821. The summed E-state index contributed by atoms with van der Waals surface area (Å²) in [5.41, 5.74) is 7.14. The van der Waals surface area contributed by atoms with Gasteiger partial charge in [0.05, 0.1) is 0 Å². The molecule has 2 aromatic rings. The van der Waals surface area contributed by atoms with E-state index in [-0.39, 0.29) is 19.0 Å². The molecule has 0 heterocycles. The van der Waals surface area contributed by atoms with Crippen molar-refractivity contribution in [2.75, 3.05) is 6.61 Å². The maximum atomic E-state index is 12.9. The monoisotopic (exact) mass is 444 g/mol. The second-order valence-corrected chi connectivity index (χ2v) is 7.34. The van der Waals surface area contributed by atoms with Crippen molar-refractivity contribution in [3.05, 3.63) is 65.0 Å². The van der Waals surface area contributed by atoms with Crippen molar-refractivity contribution in [2.24, 2.45) is 0 Å². The summed E-state index contributed by atoms with van der Waals surface area (Å²) in [7, 11) is 0. The molecule has 1 atom stereocenters. The van der Waals surface area contributed by atoms with Gasteiger partial charge in [0.1, 0.15) is 17.6 Å². The fourth-order valence-electron chi connectivity index (χ4n) is 2.97. The Balaban J connectivity index is 1.79. The first-order valence-corrected chi connectivity index (χ1v) is 10.4. The molecule has 9 heteroatoms. The van der Waals surface area contributed by atoms with E-state index >= 15 is 0 Å². The number of carbonyl (C=O) groups is 3. The molecule has 1 unspecified atom stereocenters. The molecule has 0 aliphatic rings. The van der Waals surface area contributed by atoms with Crippen LogP contribution in [0.3, 0.4) is 0 Å². The number of benzene rings is 2. The molecule has 2 aromatic carbocycles. The Hall–Kier alpha value is -3.62. The third-order valence-electron chi connectivity index (χ3n) is 4.65. The van der Waals surface area contributed by atoms with Crippen molar-refractivity contribution >= 4 is 17.8 Å². The molecule has 0 radical (unpaired) electrons. The van der Waals surface area contributed by atoms with Crippen LogP contribution < -0.4 is 26.2 Å². The minimum atomic E-state index is -0.840. The molecule has 4 amide bonds. The fourth-order valence-corrected chi connectivity index (χ4v) is 2.97. The molecule has 32 heavy (non-hydrogen) atoms. The molecule has 2 rings (SSSR count). The average molecular weight is 445 g/mol. The first-order valence-electron chi connectivity index (χ1n) is 10.4. The largest absolute Gasteiger partial charge is 0.483 e. The molecular weight excluding hydrogens is 415 g/mol. The summed E-state index contributed by atoms with van der Waals surface area (Å²) in [6.45, 7) is 5.54. The van der Waals surface area contributed by atoms with E-state index in [1.54, 1.807) is 12.1 Å². The number of nitrogens with one attached hydrogen (secondary N) is 4. The molecule has 0 aliphatic carbocycles. The molecule has 0 saturated heterocycles. The van der Waals surface area contributed by atoms with Crippen LogP contribution in [-0.2, 0) is 16.1 Å². The quantitative estimate of drug-likeness (QED) is 0.446. The van der Waals surface area contributed by atoms with E-state index in [1.807, 2.05) is 39.0 Å². The van der Waals surface area contributed by atoms with E-state index in [9.17, 15) is 18.8 Å². The lowest BCUT2D eigenvalue weighted by molar-refractivity contribution is -0.131. The number of hydrazine groups is 1. The van der Waals surface area contributed by atoms with Gasteiger partial charge in [-0.2, -0.15) is 0 Å². The molecule has 0 aromatic heterocycles. The number of halogens is 1. The van der Waals surface area contributed by atoms with Crippen LogP contribution in [-0.4, -0.2) is 30.5 Å². The lowest BCUT2D eigenvalue weighted by Crippen LogP contribution is -2.54. The van der Waals surface area contributed by atoms with E-state index in [0.29, 0.717) is 24.2 Å². The first kappa shape index (κ1) is 24.6. The fraction of sp³-hybridized carbons (Fsp3) is 0.348. The highest BCUT2D eigenvalue weighted by molar-refractivity contribution is 5.89. The summed E-state index contributed by atoms with van der Waals surface area (Å²) in [4.78, 5) is 36.6. The number of amides is 4. The SMILES string of the molecule is CCCC(NC(=O)NCc1ccc(F)cc1)C(=O)NNC(=O)COc1c(C)cccc1C. The Morgan fingerprint density at radius 1 is 1.00 bits per heavy atom. The highest BCUT2D eigenvalue weighted by Gasteiger charge is 2.20. The summed E-state index contributed by atoms with van der Waals surface area (Å²) < 4.78 is 18.5. The number of hydrogen-bond donors (Lipinski definition) is 4. The smallest absolute Gasteiger partial charge is 0.315 e. The Bertz CT molecular complexity index is 914. The maximum absolute atomic E-state index is 12.9. The molecule has 0 bridgehead atoms. The van der Waals surface area contributed by atoms with Crippen LogP contribution in [0.1, 0.15) is 36.5 Å². The summed E-state index contributed by atoms with van der Waals surface area (Å²) in [6.07, 6.45) is 1.02. The molecule has 8 nitrogen and oxygen atoms in total. The molecule has 0 spiro atoms. The predicted molar refractivity (Wildman–Crippen MR) is 118 cm³/mol. The van der Waals surface area contributed by atoms with E-state index in [0.717, 1.165) is 11.1 Å². The highest BCUT2D eigenvalue weighted by Crippen LogP contribution is 2.21. The van der Waals surface area contributed by atoms with Crippen molar-refractivity contribution in [3.8, 4) is 5.75 Å². The number of hydrogen-bond acceptors (Lipinski definition) is 4. The molecule has 0 fully saturated rings. The molecular formula is C23H29FN4O4. The number of rotatable bonds is 9. The van der Waals surface area contributed by atoms with Crippen molar-refractivity contribution < 1.29 is 23.5 Å². The Labute approximate surface area is 186 Å². The van der Waals surface area contributed by atoms with Gasteiger partial charge in [-0.15, -0.1) is 0 Å². The summed E-state index contributed by atoms with van der Waals surface area (Å²) >= 11 is 0. The molecule has 0 saturated carbocycles. The average Bonchev–Trinajstić information content (AvgIpc) is 2.76. The normalized spacial score (nSPS) is 11.2. The summed E-state index contributed by atoms with van der Waals surface area (Å²) in [6, 6.07) is 9.98. The lowest BCUT2D eigenvalue weighted by Gasteiger charge is -2.19. The zero-order valence-corrected chi connectivity index (χ0v) is 18.5. The number of urea groups is 1. The van der Waals surface area contributed by atoms with Crippen LogP contribution in [0.2, 0.25) is 0 Å². The first-order chi connectivity index (χ1) is 15.3. The van der Waals surface area contributed by atoms with Gasteiger partial charge in [-0.05, 0) is 49.1 Å². The number of para-hydroxylation sites is 1. The topological polar surface area (TPSA) is 109 Å². The van der Waals surface area contributed by atoms with Gasteiger partial charge in [0.2, 0.25) is 0 Å². The minimum absolute atomic E-state index is 0.180. The third-order valence-corrected chi connectivity index (χ3v) is 4.65. The maximum Gasteiger partial charge on any atom is 0.315 e. The second kappa shape index (κ2) is 12.3. The van der Waals surface area contributed by atoms with Gasteiger partial charge in [-0.3, -0.25) is 20.4 Å². The lowest BCUT2D eigenvalue weighted by atomic mass is 10.1.